The first-order chi connectivity index (χ1) is 10.7. The van der Waals surface area contributed by atoms with Gasteiger partial charge in [-0.25, -0.2) is 4.39 Å². The fraction of sp³-hybridized carbons (Fsp3) is 0.588. The van der Waals surface area contributed by atoms with Crippen molar-refractivity contribution in [1.82, 2.24) is 10.2 Å². The molecule has 1 atom stereocenters. The summed E-state index contributed by atoms with van der Waals surface area (Å²) in [5.74, 6) is -0.647. The first-order valence-corrected chi connectivity index (χ1v) is 8.53. The second-order valence-electron chi connectivity index (χ2n) is 6.25. The molecule has 22 heavy (non-hydrogen) atoms. The average Bonchev–Trinajstić information content (AvgIpc) is 3.05. The molecule has 1 aromatic rings. The summed E-state index contributed by atoms with van der Waals surface area (Å²) in [6.45, 7) is 1.74. The van der Waals surface area contributed by atoms with Crippen LogP contribution >= 0.6 is 11.6 Å². The zero-order valence-corrected chi connectivity index (χ0v) is 13.4. The van der Waals surface area contributed by atoms with Crippen molar-refractivity contribution in [2.75, 3.05) is 13.1 Å². The molecule has 0 spiro atoms. The second kappa shape index (κ2) is 6.97. The van der Waals surface area contributed by atoms with Gasteiger partial charge < -0.3 is 10.2 Å². The SMILES string of the molecule is O=C(c1cccc(F)c1Cl)N(C1CCCCC1)C1CCNC1. The molecule has 1 aliphatic heterocycles. The third-order valence-corrected chi connectivity index (χ3v) is 5.20. The van der Waals surface area contributed by atoms with Crippen LogP contribution in [0.15, 0.2) is 18.2 Å². The van der Waals surface area contributed by atoms with Crippen molar-refractivity contribution in [3.8, 4) is 0 Å². The maximum atomic E-state index is 13.7. The lowest BCUT2D eigenvalue weighted by Crippen LogP contribution is -2.49. The van der Waals surface area contributed by atoms with Crippen LogP contribution < -0.4 is 5.32 Å². The van der Waals surface area contributed by atoms with Crippen LogP contribution in [0.1, 0.15) is 48.9 Å². The first kappa shape index (κ1) is 15.8. The van der Waals surface area contributed by atoms with E-state index in [9.17, 15) is 9.18 Å². The van der Waals surface area contributed by atoms with Crippen molar-refractivity contribution in [3.63, 3.8) is 0 Å². The number of halogens is 2. The van der Waals surface area contributed by atoms with Crippen molar-refractivity contribution < 1.29 is 9.18 Å². The second-order valence-corrected chi connectivity index (χ2v) is 6.63. The van der Waals surface area contributed by atoms with Crippen LogP contribution in [0.2, 0.25) is 5.02 Å². The Balaban J connectivity index is 1.90. The Bertz CT molecular complexity index is 539. The Morgan fingerprint density at radius 3 is 2.64 bits per heavy atom. The lowest BCUT2D eigenvalue weighted by molar-refractivity contribution is 0.0534. The van der Waals surface area contributed by atoms with Crippen LogP contribution in [0.4, 0.5) is 4.39 Å². The third kappa shape index (κ3) is 3.13. The molecule has 0 radical (unpaired) electrons. The van der Waals surface area contributed by atoms with Crippen LogP contribution in [-0.4, -0.2) is 36.0 Å². The summed E-state index contributed by atoms with van der Waals surface area (Å²) in [7, 11) is 0. The molecule has 1 aliphatic carbocycles. The van der Waals surface area contributed by atoms with Gasteiger partial charge in [0.2, 0.25) is 0 Å². The summed E-state index contributed by atoms with van der Waals surface area (Å²) in [6.07, 6.45) is 6.58. The van der Waals surface area contributed by atoms with Gasteiger partial charge in [-0.1, -0.05) is 36.9 Å². The Hall–Kier alpha value is -1.13. The molecule has 3 rings (SSSR count). The molecule has 1 amide bonds. The Morgan fingerprint density at radius 2 is 1.95 bits per heavy atom. The van der Waals surface area contributed by atoms with E-state index in [1.165, 1.54) is 12.5 Å². The number of nitrogens with one attached hydrogen (secondary N) is 1. The topological polar surface area (TPSA) is 32.3 Å². The highest BCUT2D eigenvalue weighted by Crippen LogP contribution is 2.29. The normalized spacial score (nSPS) is 22.7. The number of hydrogen-bond donors (Lipinski definition) is 1. The minimum atomic E-state index is -0.527. The summed E-state index contributed by atoms with van der Waals surface area (Å²) in [5.41, 5.74) is 0.291. The number of benzene rings is 1. The molecule has 1 saturated carbocycles. The van der Waals surface area contributed by atoms with Crippen LogP contribution in [0.25, 0.3) is 0 Å². The largest absolute Gasteiger partial charge is 0.331 e. The molecule has 0 bridgehead atoms. The number of amides is 1. The van der Waals surface area contributed by atoms with E-state index < -0.39 is 5.82 Å². The standard InChI is InChI=1S/C17H22ClFN2O/c18-16-14(7-4-8-15(16)19)17(22)21(13-9-10-20-11-13)12-5-2-1-3-6-12/h4,7-8,12-13,20H,1-3,5-6,9-11H2. The molecule has 1 unspecified atom stereocenters. The van der Waals surface area contributed by atoms with Gasteiger partial charge in [0, 0.05) is 18.6 Å². The van der Waals surface area contributed by atoms with E-state index in [1.54, 1.807) is 12.1 Å². The van der Waals surface area contributed by atoms with Crippen molar-refractivity contribution in [2.45, 2.75) is 50.6 Å². The Kier molecular flexibility index (Phi) is 4.99. The van der Waals surface area contributed by atoms with Crippen LogP contribution in [0.5, 0.6) is 0 Å². The molecule has 0 aromatic heterocycles. The molecule has 2 fully saturated rings. The number of carbonyl (C=O) groups is 1. The van der Waals surface area contributed by atoms with E-state index >= 15 is 0 Å². The van der Waals surface area contributed by atoms with E-state index in [0.29, 0.717) is 5.56 Å². The predicted octanol–water partition coefficient (Wildman–Crippen LogP) is 3.62. The number of rotatable bonds is 3. The quantitative estimate of drug-likeness (QED) is 0.921. The molecule has 2 aliphatic rings. The summed E-state index contributed by atoms with van der Waals surface area (Å²) >= 11 is 6.04. The van der Waals surface area contributed by atoms with E-state index in [1.807, 2.05) is 4.90 Å². The minimum absolute atomic E-state index is 0.0562. The highest BCUT2D eigenvalue weighted by molar-refractivity contribution is 6.34. The van der Waals surface area contributed by atoms with Crippen LogP contribution in [0, 0.1) is 5.82 Å². The number of hydrogen-bond acceptors (Lipinski definition) is 2. The Morgan fingerprint density at radius 1 is 1.18 bits per heavy atom. The van der Waals surface area contributed by atoms with Crippen molar-refractivity contribution in [2.24, 2.45) is 0 Å². The van der Waals surface area contributed by atoms with Gasteiger partial charge in [0.15, 0.2) is 0 Å². The highest BCUT2D eigenvalue weighted by atomic mass is 35.5. The fourth-order valence-electron chi connectivity index (χ4n) is 3.67. The van der Waals surface area contributed by atoms with Crippen molar-refractivity contribution >= 4 is 17.5 Å². The van der Waals surface area contributed by atoms with E-state index in [2.05, 4.69) is 5.32 Å². The summed E-state index contributed by atoms with van der Waals surface area (Å²) in [4.78, 5) is 15.0. The molecular weight excluding hydrogens is 303 g/mol. The third-order valence-electron chi connectivity index (χ3n) is 4.81. The number of nitrogens with zero attached hydrogens (tertiary/aromatic N) is 1. The molecule has 1 saturated heterocycles. The summed E-state index contributed by atoms with van der Waals surface area (Å²) in [5, 5.41) is 3.27. The summed E-state index contributed by atoms with van der Waals surface area (Å²) < 4.78 is 13.7. The molecule has 1 heterocycles. The van der Waals surface area contributed by atoms with E-state index in [4.69, 9.17) is 11.6 Å². The molecule has 3 nitrogen and oxygen atoms in total. The molecule has 1 N–H and O–H groups in total. The van der Waals surface area contributed by atoms with Gasteiger partial charge in [-0.2, -0.15) is 0 Å². The summed E-state index contributed by atoms with van der Waals surface area (Å²) in [6, 6.07) is 4.92. The average molecular weight is 325 g/mol. The lowest BCUT2D eigenvalue weighted by atomic mass is 9.92. The zero-order valence-electron chi connectivity index (χ0n) is 12.7. The van der Waals surface area contributed by atoms with Gasteiger partial charge in [-0.3, -0.25) is 4.79 Å². The van der Waals surface area contributed by atoms with Gasteiger partial charge in [0.25, 0.3) is 5.91 Å². The maximum absolute atomic E-state index is 13.7. The van der Waals surface area contributed by atoms with Crippen molar-refractivity contribution in [1.29, 1.82) is 0 Å². The van der Waals surface area contributed by atoms with Gasteiger partial charge >= 0.3 is 0 Å². The molecule has 5 heteroatoms. The first-order valence-electron chi connectivity index (χ1n) is 8.16. The smallest absolute Gasteiger partial charge is 0.256 e. The fourth-order valence-corrected chi connectivity index (χ4v) is 3.88. The van der Waals surface area contributed by atoms with Gasteiger partial charge in [-0.15, -0.1) is 0 Å². The van der Waals surface area contributed by atoms with E-state index in [0.717, 1.165) is 45.2 Å². The molecular formula is C17H22ClFN2O. The lowest BCUT2D eigenvalue weighted by Gasteiger charge is -2.38. The molecule has 1 aromatic carbocycles. The monoisotopic (exact) mass is 324 g/mol. The number of carbonyl (C=O) groups excluding carboxylic acids is 1. The maximum Gasteiger partial charge on any atom is 0.256 e. The minimum Gasteiger partial charge on any atom is -0.331 e. The van der Waals surface area contributed by atoms with Gasteiger partial charge in [0.1, 0.15) is 5.82 Å². The van der Waals surface area contributed by atoms with Crippen molar-refractivity contribution in [3.05, 3.63) is 34.6 Å². The van der Waals surface area contributed by atoms with Gasteiger partial charge in [-0.05, 0) is 37.9 Å². The van der Waals surface area contributed by atoms with Gasteiger partial charge in [0.05, 0.1) is 10.6 Å². The Labute approximate surface area is 135 Å². The zero-order chi connectivity index (χ0) is 15.5. The van der Waals surface area contributed by atoms with Crippen LogP contribution in [-0.2, 0) is 0 Å². The van der Waals surface area contributed by atoms with E-state index in [-0.39, 0.29) is 23.0 Å². The molecule has 120 valence electrons. The highest BCUT2D eigenvalue weighted by Gasteiger charge is 2.34. The van der Waals surface area contributed by atoms with Crippen LogP contribution in [0.3, 0.4) is 0 Å². The predicted molar refractivity (Wildman–Crippen MR) is 85.7 cm³/mol.